The summed E-state index contributed by atoms with van der Waals surface area (Å²) in [5, 5.41) is 0. The van der Waals surface area contributed by atoms with E-state index >= 15 is 0 Å². The summed E-state index contributed by atoms with van der Waals surface area (Å²) in [6.45, 7) is 5.86. The number of amides is 2. The van der Waals surface area contributed by atoms with E-state index < -0.39 is 0 Å². The maximum atomic E-state index is 12.9. The standard InChI is InChI=1S/C18H24N2O2/c1-18(2)12-20(16(18)13-7-5-4-6-8-13)17(22)14-9-10-19(3)15(21)11-14/h4-8,14,16H,9-12H2,1-3H3/t14-,16+/m1/s1. The molecule has 2 atom stereocenters. The second kappa shape index (κ2) is 5.41. The highest BCUT2D eigenvalue weighted by atomic mass is 16.2. The van der Waals surface area contributed by atoms with Gasteiger partial charge in [0, 0.05) is 37.9 Å². The Morgan fingerprint density at radius 1 is 1.23 bits per heavy atom. The molecule has 0 saturated carbocycles. The summed E-state index contributed by atoms with van der Waals surface area (Å²) in [5.74, 6) is 0.0845. The topological polar surface area (TPSA) is 40.6 Å². The number of carbonyl (C=O) groups is 2. The Morgan fingerprint density at radius 3 is 2.50 bits per heavy atom. The Balaban J connectivity index is 1.77. The monoisotopic (exact) mass is 300 g/mol. The van der Waals surface area contributed by atoms with Gasteiger partial charge in [0.25, 0.3) is 0 Å². The molecule has 2 aliphatic rings. The van der Waals surface area contributed by atoms with Crippen molar-refractivity contribution in [2.75, 3.05) is 20.1 Å². The molecular weight excluding hydrogens is 276 g/mol. The Labute approximate surface area is 132 Å². The smallest absolute Gasteiger partial charge is 0.226 e. The molecule has 1 aromatic rings. The molecule has 2 heterocycles. The van der Waals surface area contributed by atoms with Crippen molar-refractivity contribution >= 4 is 11.8 Å². The highest BCUT2D eigenvalue weighted by Gasteiger charge is 2.50. The molecule has 22 heavy (non-hydrogen) atoms. The molecule has 0 radical (unpaired) electrons. The van der Waals surface area contributed by atoms with Crippen LogP contribution in [-0.2, 0) is 9.59 Å². The summed E-state index contributed by atoms with van der Waals surface area (Å²) >= 11 is 0. The van der Waals surface area contributed by atoms with Crippen LogP contribution in [0.15, 0.2) is 30.3 Å². The van der Waals surface area contributed by atoms with Gasteiger partial charge in [-0.05, 0) is 12.0 Å². The summed E-state index contributed by atoms with van der Waals surface area (Å²) in [5.41, 5.74) is 1.28. The van der Waals surface area contributed by atoms with Gasteiger partial charge in [-0.1, -0.05) is 44.2 Å². The molecule has 0 bridgehead atoms. The van der Waals surface area contributed by atoms with Gasteiger partial charge in [-0.2, -0.15) is 0 Å². The van der Waals surface area contributed by atoms with Crippen molar-refractivity contribution in [2.24, 2.45) is 11.3 Å². The molecule has 2 amide bonds. The summed E-state index contributed by atoms with van der Waals surface area (Å²) in [7, 11) is 1.81. The largest absolute Gasteiger partial charge is 0.346 e. The van der Waals surface area contributed by atoms with E-state index in [0.717, 1.165) is 13.0 Å². The van der Waals surface area contributed by atoms with Crippen LogP contribution >= 0.6 is 0 Å². The van der Waals surface area contributed by atoms with Crippen LogP contribution in [-0.4, -0.2) is 41.8 Å². The average Bonchev–Trinajstić information content (AvgIpc) is 2.48. The van der Waals surface area contributed by atoms with Crippen LogP contribution in [0.1, 0.15) is 38.3 Å². The quantitative estimate of drug-likeness (QED) is 0.842. The molecule has 0 aliphatic carbocycles. The average molecular weight is 300 g/mol. The number of likely N-dealkylation sites (tertiary alicyclic amines) is 2. The number of benzene rings is 1. The molecule has 2 fully saturated rings. The third-order valence-corrected chi connectivity index (χ3v) is 5.04. The van der Waals surface area contributed by atoms with E-state index in [-0.39, 0.29) is 29.2 Å². The first kappa shape index (κ1) is 15.1. The first-order chi connectivity index (χ1) is 10.4. The van der Waals surface area contributed by atoms with Gasteiger partial charge in [-0.3, -0.25) is 9.59 Å². The van der Waals surface area contributed by atoms with E-state index in [1.807, 2.05) is 30.1 Å². The summed E-state index contributed by atoms with van der Waals surface area (Å²) < 4.78 is 0. The number of hydrogen-bond donors (Lipinski definition) is 0. The molecule has 4 heteroatoms. The third kappa shape index (κ3) is 2.51. The van der Waals surface area contributed by atoms with Gasteiger partial charge in [0.2, 0.25) is 11.8 Å². The molecule has 3 rings (SSSR count). The molecule has 0 aromatic heterocycles. The maximum absolute atomic E-state index is 12.9. The lowest BCUT2D eigenvalue weighted by atomic mass is 9.71. The second-order valence-electron chi connectivity index (χ2n) is 7.27. The van der Waals surface area contributed by atoms with Crippen molar-refractivity contribution in [1.29, 1.82) is 0 Å². The number of piperidine rings is 1. The van der Waals surface area contributed by atoms with Gasteiger partial charge in [0.1, 0.15) is 0 Å². The van der Waals surface area contributed by atoms with Crippen molar-refractivity contribution in [3.05, 3.63) is 35.9 Å². The van der Waals surface area contributed by atoms with Crippen LogP contribution < -0.4 is 0 Å². The fourth-order valence-corrected chi connectivity index (χ4v) is 3.79. The fourth-order valence-electron chi connectivity index (χ4n) is 3.79. The highest BCUT2D eigenvalue weighted by molar-refractivity contribution is 5.87. The predicted octanol–water partition coefficient (Wildman–Crippen LogP) is 2.46. The summed E-state index contributed by atoms with van der Waals surface area (Å²) in [6, 6.07) is 10.3. The molecular formula is C18H24N2O2. The van der Waals surface area contributed by atoms with Crippen molar-refractivity contribution < 1.29 is 9.59 Å². The number of hydrogen-bond acceptors (Lipinski definition) is 2. The molecule has 0 N–H and O–H groups in total. The van der Waals surface area contributed by atoms with E-state index in [9.17, 15) is 9.59 Å². The van der Waals surface area contributed by atoms with Gasteiger partial charge >= 0.3 is 0 Å². The first-order valence-corrected chi connectivity index (χ1v) is 7.99. The molecule has 4 nitrogen and oxygen atoms in total. The number of rotatable bonds is 2. The van der Waals surface area contributed by atoms with E-state index in [1.54, 1.807) is 4.90 Å². The molecule has 0 spiro atoms. The lowest BCUT2D eigenvalue weighted by Crippen LogP contribution is -2.60. The van der Waals surface area contributed by atoms with Crippen LogP contribution in [0.5, 0.6) is 0 Å². The summed E-state index contributed by atoms with van der Waals surface area (Å²) in [4.78, 5) is 28.4. The van der Waals surface area contributed by atoms with Crippen molar-refractivity contribution in [3.63, 3.8) is 0 Å². The fraction of sp³-hybridized carbons (Fsp3) is 0.556. The van der Waals surface area contributed by atoms with Crippen molar-refractivity contribution in [3.8, 4) is 0 Å². The minimum absolute atomic E-state index is 0.0839. The Bertz CT molecular complexity index is 582. The number of carbonyl (C=O) groups excluding carboxylic acids is 2. The van der Waals surface area contributed by atoms with Crippen molar-refractivity contribution in [1.82, 2.24) is 9.80 Å². The Hall–Kier alpha value is -1.84. The molecule has 2 saturated heterocycles. The van der Waals surface area contributed by atoms with Crippen LogP contribution in [0.4, 0.5) is 0 Å². The van der Waals surface area contributed by atoms with Crippen molar-refractivity contribution in [2.45, 2.75) is 32.7 Å². The van der Waals surface area contributed by atoms with E-state index in [4.69, 9.17) is 0 Å². The zero-order valence-electron chi connectivity index (χ0n) is 13.6. The van der Waals surface area contributed by atoms with Gasteiger partial charge in [0.05, 0.1) is 6.04 Å². The molecule has 118 valence electrons. The van der Waals surface area contributed by atoms with Gasteiger partial charge < -0.3 is 9.80 Å². The Kier molecular flexibility index (Phi) is 3.71. The van der Waals surface area contributed by atoms with Crippen LogP contribution in [0, 0.1) is 11.3 Å². The van der Waals surface area contributed by atoms with Crippen LogP contribution in [0.2, 0.25) is 0 Å². The highest BCUT2D eigenvalue weighted by Crippen LogP contribution is 2.49. The summed E-state index contributed by atoms with van der Waals surface area (Å²) in [6.07, 6.45) is 1.13. The minimum atomic E-state index is -0.147. The lowest BCUT2D eigenvalue weighted by Gasteiger charge is -2.55. The van der Waals surface area contributed by atoms with Crippen LogP contribution in [0.25, 0.3) is 0 Å². The normalized spacial score (nSPS) is 27.5. The van der Waals surface area contributed by atoms with Gasteiger partial charge in [-0.25, -0.2) is 0 Å². The van der Waals surface area contributed by atoms with Crippen LogP contribution in [0.3, 0.4) is 0 Å². The van der Waals surface area contributed by atoms with Gasteiger partial charge in [-0.15, -0.1) is 0 Å². The third-order valence-electron chi connectivity index (χ3n) is 5.04. The van der Waals surface area contributed by atoms with E-state index in [2.05, 4.69) is 26.0 Å². The minimum Gasteiger partial charge on any atom is -0.346 e. The van der Waals surface area contributed by atoms with Gasteiger partial charge in [0.15, 0.2) is 0 Å². The molecule has 2 aliphatic heterocycles. The first-order valence-electron chi connectivity index (χ1n) is 7.99. The zero-order chi connectivity index (χ0) is 15.9. The number of nitrogens with zero attached hydrogens (tertiary/aromatic N) is 2. The van der Waals surface area contributed by atoms with E-state index in [0.29, 0.717) is 13.0 Å². The predicted molar refractivity (Wildman–Crippen MR) is 85.0 cm³/mol. The lowest BCUT2D eigenvalue weighted by molar-refractivity contribution is -0.160. The maximum Gasteiger partial charge on any atom is 0.226 e. The SMILES string of the molecule is CN1CC[C@@H](C(=O)N2CC(C)(C)[C@@H]2c2ccccc2)CC1=O. The van der Waals surface area contributed by atoms with E-state index in [1.165, 1.54) is 5.56 Å². The molecule has 0 unspecified atom stereocenters. The Morgan fingerprint density at radius 2 is 1.91 bits per heavy atom. The second-order valence-corrected chi connectivity index (χ2v) is 7.27. The zero-order valence-corrected chi connectivity index (χ0v) is 13.6. The molecule has 1 aromatic carbocycles.